The predicted molar refractivity (Wildman–Crippen MR) is 74.3 cm³/mol. The maximum atomic E-state index is 13.1. The van der Waals surface area contributed by atoms with Crippen molar-refractivity contribution in [3.8, 4) is 0 Å². The molecule has 0 aliphatic rings. The van der Waals surface area contributed by atoms with Crippen LogP contribution in [0.1, 0.15) is 19.4 Å². The van der Waals surface area contributed by atoms with Gasteiger partial charge in [0.1, 0.15) is 5.82 Å². The first-order valence-corrected chi connectivity index (χ1v) is 6.01. The van der Waals surface area contributed by atoms with Gasteiger partial charge >= 0.3 is 12.0 Å². The Kier molecular flexibility index (Phi) is 5.18. The van der Waals surface area contributed by atoms with Gasteiger partial charge in [0.05, 0.1) is 0 Å². The molecule has 3 N–H and O–H groups in total. The van der Waals surface area contributed by atoms with Gasteiger partial charge in [-0.15, -0.1) is 0 Å². The number of imide groups is 1. The Morgan fingerprint density at radius 1 is 1.14 bits per heavy atom. The van der Waals surface area contributed by atoms with Crippen molar-refractivity contribution in [2.75, 3.05) is 5.32 Å². The van der Waals surface area contributed by atoms with Crippen molar-refractivity contribution in [1.29, 1.82) is 0 Å². The minimum atomic E-state index is -1.25. The molecule has 1 aromatic rings. The fourth-order valence-electron chi connectivity index (χ4n) is 1.41. The van der Waals surface area contributed by atoms with Gasteiger partial charge < -0.3 is 10.4 Å². The second kappa shape index (κ2) is 6.65. The number of nitrogens with one attached hydrogen (secondary N) is 2. The number of anilines is 1. The molecule has 112 valence electrons. The second-order valence-electron chi connectivity index (χ2n) is 4.42. The third kappa shape index (κ3) is 4.41. The fourth-order valence-corrected chi connectivity index (χ4v) is 1.41. The highest BCUT2D eigenvalue weighted by Gasteiger charge is 2.15. The highest BCUT2D eigenvalue weighted by atomic mass is 19.1. The Hall–Kier alpha value is -2.70. The van der Waals surface area contributed by atoms with E-state index < -0.39 is 23.7 Å². The van der Waals surface area contributed by atoms with Crippen molar-refractivity contribution in [2.45, 2.75) is 20.8 Å². The molecule has 0 atom stereocenters. The van der Waals surface area contributed by atoms with Crippen LogP contribution in [0.25, 0.3) is 0 Å². The number of halogens is 1. The molecule has 0 aliphatic heterocycles. The smallest absolute Gasteiger partial charge is 0.331 e. The fraction of sp³-hybridized carbons (Fsp3) is 0.214. The monoisotopic (exact) mass is 294 g/mol. The number of amides is 3. The first-order valence-electron chi connectivity index (χ1n) is 6.01. The number of carboxylic acids is 1. The van der Waals surface area contributed by atoms with Crippen LogP contribution in [0, 0.1) is 12.7 Å². The van der Waals surface area contributed by atoms with E-state index in [0.29, 0.717) is 5.56 Å². The van der Waals surface area contributed by atoms with Crippen LogP contribution in [0.5, 0.6) is 0 Å². The van der Waals surface area contributed by atoms with Crippen LogP contribution >= 0.6 is 0 Å². The summed E-state index contributed by atoms with van der Waals surface area (Å²) in [4.78, 5) is 34.0. The molecule has 0 bridgehead atoms. The molecule has 6 nitrogen and oxygen atoms in total. The van der Waals surface area contributed by atoms with Crippen molar-refractivity contribution in [3.05, 3.63) is 40.7 Å². The van der Waals surface area contributed by atoms with Crippen molar-refractivity contribution >= 4 is 23.6 Å². The lowest BCUT2D eigenvalue weighted by Gasteiger charge is -2.10. The number of aliphatic carboxylic acids is 1. The number of urea groups is 1. The zero-order valence-corrected chi connectivity index (χ0v) is 11.8. The number of carbonyl (C=O) groups excluding carboxylic acids is 2. The van der Waals surface area contributed by atoms with Gasteiger partial charge in [0.25, 0.3) is 5.91 Å². The van der Waals surface area contributed by atoms with E-state index in [0.717, 1.165) is 6.07 Å². The van der Waals surface area contributed by atoms with E-state index in [1.165, 1.54) is 26.0 Å². The molecule has 1 rings (SSSR count). The van der Waals surface area contributed by atoms with E-state index in [1.807, 2.05) is 5.32 Å². The van der Waals surface area contributed by atoms with E-state index in [9.17, 15) is 18.8 Å². The van der Waals surface area contributed by atoms with Crippen LogP contribution in [-0.4, -0.2) is 23.0 Å². The van der Waals surface area contributed by atoms with Crippen molar-refractivity contribution in [1.82, 2.24) is 5.32 Å². The molecule has 0 aromatic heterocycles. The van der Waals surface area contributed by atoms with Gasteiger partial charge in [-0.05, 0) is 38.5 Å². The van der Waals surface area contributed by atoms with Crippen molar-refractivity contribution < 1.29 is 23.9 Å². The topological polar surface area (TPSA) is 95.5 Å². The molecule has 0 fully saturated rings. The molecule has 21 heavy (non-hydrogen) atoms. The van der Waals surface area contributed by atoms with Crippen LogP contribution in [-0.2, 0) is 9.59 Å². The lowest BCUT2D eigenvalue weighted by atomic mass is 10.1. The van der Waals surface area contributed by atoms with E-state index >= 15 is 0 Å². The van der Waals surface area contributed by atoms with Gasteiger partial charge in [0.15, 0.2) is 0 Å². The Morgan fingerprint density at radius 2 is 1.76 bits per heavy atom. The quantitative estimate of drug-likeness (QED) is 0.745. The number of carboxylic acid groups (broad SMARTS) is 1. The molecule has 0 radical (unpaired) electrons. The van der Waals surface area contributed by atoms with Crippen LogP contribution < -0.4 is 10.6 Å². The van der Waals surface area contributed by atoms with E-state index in [4.69, 9.17) is 5.11 Å². The molecule has 0 heterocycles. The standard InChI is InChI=1S/C14H15FN2O4/c1-7-4-5-10(15)6-11(7)16-14(21)17-12(18)8(2)9(3)13(19)20/h4-6H,1-3H3,(H,19,20)(H2,16,17,18,21). The van der Waals surface area contributed by atoms with Gasteiger partial charge in [0.2, 0.25) is 0 Å². The Balaban J connectivity index is 2.79. The summed E-state index contributed by atoms with van der Waals surface area (Å²) in [6.45, 7) is 4.21. The Labute approximate surface area is 120 Å². The van der Waals surface area contributed by atoms with Crippen molar-refractivity contribution in [2.24, 2.45) is 0 Å². The zero-order valence-electron chi connectivity index (χ0n) is 11.8. The van der Waals surface area contributed by atoms with Gasteiger partial charge in [-0.3, -0.25) is 10.1 Å². The van der Waals surface area contributed by atoms with Crippen LogP contribution in [0.15, 0.2) is 29.3 Å². The van der Waals surface area contributed by atoms with Crippen LogP contribution in [0.3, 0.4) is 0 Å². The minimum Gasteiger partial charge on any atom is -0.478 e. The highest BCUT2D eigenvalue weighted by Crippen LogP contribution is 2.15. The molecular formula is C14H15FN2O4. The number of hydrogen-bond donors (Lipinski definition) is 3. The van der Waals surface area contributed by atoms with Crippen molar-refractivity contribution in [3.63, 3.8) is 0 Å². The van der Waals surface area contributed by atoms with Gasteiger partial charge in [-0.2, -0.15) is 0 Å². The maximum Gasteiger partial charge on any atom is 0.331 e. The van der Waals surface area contributed by atoms with E-state index in [2.05, 4.69) is 5.32 Å². The summed E-state index contributed by atoms with van der Waals surface area (Å²) < 4.78 is 13.1. The average Bonchev–Trinajstić information content (AvgIpc) is 2.40. The summed E-state index contributed by atoms with van der Waals surface area (Å²) >= 11 is 0. The van der Waals surface area contributed by atoms with E-state index in [-0.39, 0.29) is 16.8 Å². The first kappa shape index (κ1) is 16.4. The molecule has 7 heteroatoms. The number of aryl methyl sites for hydroxylation is 1. The number of benzene rings is 1. The SMILES string of the molecule is CC(C(=O)O)=C(C)C(=O)NC(=O)Nc1cc(F)ccc1C. The Bertz CT molecular complexity index is 638. The first-order chi connectivity index (χ1) is 9.72. The average molecular weight is 294 g/mol. The summed E-state index contributed by atoms with van der Waals surface area (Å²) in [7, 11) is 0. The molecule has 0 saturated heterocycles. The minimum absolute atomic E-state index is 0.0892. The lowest BCUT2D eigenvalue weighted by Crippen LogP contribution is -2.35. The predicted octanol–water partition coefficient (Wildman–Crippen LogP) is 2.20. The highest BCUT2D eigenvalue weighted by molar-refractivity contribution is 6.10. The number of carbonyl (C=O) groups is 3. The number of rotatable bonds is 3. The molecule has 3 amide bonds. The molecule has 1 aromatic carbocycles. The summed E-state index contributed by atoms with van der Waals surface area (Å²) in [5.74, 6) is -2.61. The Morgan fingerprint density at radius 3 is 2.33 bits per heavy atom. The largest absolute Gasteiger partial charge is 0.478 e. The normalized spacial score (nSPS) is 11.4. The number of hydrogen-bond acceptors (Lipinski definition) is 3. The second-order valence-corrected chi connectivity index (χ2v) is 4.42. The van der Waals surface area contributed by atoms with E-state index in [1.54, 1.807) is 6.92 Å². The van der Waals surface area contributed by atoms with Gasteiger partial charge in [-0.1, -0.05) is 6.07 Å². The van der Waals surface area contributed by atoms with Gasteiger partial charge in [0, 0.05) is 16.8 Å². The van der Waals surface area contributed by atoms with Crippen LogP contribution in [0.4, 0.5) is 14.9 Å². The zero-order chi connectivity index (χ0) is 16.2. The molecule has 0 aliphatic carbocycles. The molecule has 0 saturated carbocycles. The third-order valence-electron chi connectivity index (χ3n) is 2.90. The van der Waals surface area contributed by atoms with Crippen LogP contribution in [0.2, 0.25) is 0 Å². The summed E-state index contributed by atoms with van der Waals surface area (Å²) in [5, 5.41) is 13.1. The summed E-state index contributed by atoms with van der Waals surface area (Å²) in [5.41, 5.74) is 0.584. The summed E-state index contributed by atoms with van der Waals surface area (Å²) in [6, 6.07) is 2.97. The maximum absolute atomic E-state index is 13.1. The molecular weight excluding hydrogens is 279 g/mol. The molecule has 0 unspecified atom stereocenters. The third-order valence-corrected chi connectivity index (χ3v) is 2.90. The van der Waals surface area contributed by atoms with Gasteiger partial charge in [-0.25, -0.2) is 14.0 Å². The lowest BCUT2D eigenvalue weighted by molar-refractivity contribution is -0.133. The molecule has 0 spiro atoms. The summed E-state index contributed by atoms with van der Waals surface area (Å²) in [6.07, 6.45) is 0.